The number of aromatic nitrogens is 1. The Bertz CT molecular complexity index is 865. The lowest BCUT2D eigenvalue weighted by Crippen LogP contribution is -2.55. The summed E-state index contributed by atoms with van der Waals surface area (Å²) in [5.41, 5.74) is 0.495. The molecule has 1 aromatic carbocycles. The van der Waals surface area contributed by atoms with E-state index in [1.165, 1.54) is 23.5 Å². The zero-order valence-electron chi connectivity index (χ0n) is 16.9. The van der Waals surface area contributed by atoms with Crippen LogP contribution in [-0.2, 0) is 20.8 Å². The molecule has 2 fully saturated rings. The number of rotatable bonds is 5. The van der Waals surface area contributed by atoms with Gasteiger partial charge in [0.25, 0.3) is 0 Å². The van der Waals surface area contributed by atoms with Crippen molar-refractivity contribution in [3.8, 4) is 0 Å². The number of fused-ring (bicyclic) bond motifs is 1. The first-order chi connectivity index (χ1) is 15.0. The second kappa shape index (κ2) is 10.1. The lowest BCUT2D eigenvalue weighted by molar-refractivity contribution is -0.156. The third-order valence-electron chi connectivity index (χ3n) is 5.49. The first kappa shape index (κ1) is 22.2. The molecule has 3 heterocycles. The van der Waals surface area contributed by atoms with Crippen LogP contribution in [0, 0.1) is 11.6 Å². The Hall–Kier alpha value is -1.98. The number of β-amino-alcohol motifs (C(OH)–C–C–N with tert-alkyl or cyclic N) is 1. The fourth-order valence-corrected chi connectivity index (χ4v) is 4.77. The molecular formula is C21H25F2N3O4S. The molecule has 0 bridgehead atoms. The van der Waals surface area contributed by atoms with Crippen LogP contribution in [0.2, 0.25) is 0 Å². The highest BCUT2D eigenvalue weighted by molar-refractivity contribution is 7.13. The number of aliphatic hydroxyl groups excluding tert-OH is 1. The number of ether oxygens (including phenoxy) is 2. The lowest BCUT2D eigenvalue weighted by atomic mass is 9.94. The second-order valence-corrected chi connectivity index (χ2v) is 8.82. The Morgan fingerprint density at radius 2 is 2.06 bits per heavy atom. The van der Waals surface area contributed by atoms with E-state index >= 15 is 0 Å². The van der Waals surface area contributed by atoms with Crippen molar-refractivity contribution in [1.29, 1.82) is 0 Å². The van der Waals surface area contributed by atoms with Gasteiger partial charge in [0.05, 0.1) is 37.9 Å². The lowest BCUT2D eigenvalue weighted by Gasteiger charge is -2.44. The van der Waals surface area contributed by atoms with Gasteiger partial charge in [0.1, 0.15) is 11.6 Å². The molecule has 1 aromatic heterocycles. The number of carbonyl (C=O) groups is 1. The van der Waals surface area contributed by atoms with Gasteiger partial charge in [-0.3, -0.25) is 9.69 Å². The molecule has 2 aliphatic rings. The number of anilines is 1. The minimum Gasteiger partial charge on any atom is -0.389 e. The summed E-state index contributed by atoms with van der Waals surface area (Å²) < 4.78 is 39.1. The molecule has 2 aromatic rings. The third kappa shape index (κ3) is 6.05. The van der Waals surface area contributed by atoms with Crippen LogP contribution in [0.25, 0.3) is 0 Å². The standard InChI is InChI=1S/C21H25F2N3O4S/c22-14-5-13(6-15(23)7-14)9-26-10-16(27)11-29-12-19-18(26)2-1-17(30-19)8-20(28)25-21-24-3-4-31-21/h3-7,16-19,27H,1-2,8-12H2,(H,24,25,28)/t16-,17+,18-,19+/m1/s1. The Kier molecular flexibility index (Phi) is 7.24. The van der Waals surface area contributed by atoms with Crippen LogP contribution in [0.5, 0.6) is 0 Å². The van der Waals surface area contributed by atoms with Crippen LogP contribution in [0.1, 0.15) is 24.8 Å². The molecule has 7 nitrogen and oxygen atoms in total. The maximum Gasteiger partial charge on any atom is 0.228 e. The Morgan fingerprint density at radius 1 is 1.26 bits per heavy atom. The van der Waals surface area contributed by atoms with Crippen LogP contribution in [0.3, 0.4) is 0 Å². The monoisotopic (exact) mass is 453 g/mol. The van der Waals surface area contributed by atoms with Crippen molar-refractivity contribution in [2.24, 2.45) is 0 Å². The van der Waals surface area contributed by atoms with E-state index < -0.39 is 17.7 Å². The van der Waals surface area contributed by atoms with E-state index in [1.807, 2.05) is 4.90 Å². The zero-order valence-corrected chi connectivity index (χ0v) is 17.7. The van der Waals surface area contributed by atoms with Gasteiger partial charge in [-0.05, 0) is 30.5 Å². The normalized spacial score (nSPS) is 27.2. The molecule has 2 aliphatic heterocycles. The number of nitrogens with one attached hydrogen (secondary N) is 1. The summed E-state index contributed by atoms with van der Waals surface area (Å²) in [6.07, 6.45) is 1.92. The quantitative estimate of drug-likeness (QED) is 0.724. The van der Waals surface area contributed by atoms with E-state index in [0.717, 1.165) is 6.07 Å². The van der Waals surface area contributed by atoms with E-state index in [1.54, 1.807) is 11.6 Å². The summed E-state index contributed by atoms with van der Waals surface area (Å²) in [5, 5.41) is 15.3. The maximum absolute atomic E-state index is 13.7. The van der Waals surface area contributed by atoms with Gasteiger partial charge in [-0.2, -0.15) is 0 Å². The first-order valence-electron chi connectivity index (χ1n) is 10.3. The molecule has 168 valence electrons. The smallest absolute Gasteiger partial charge is 0.228 e. The SMILES string of the molecule is O=C(C[C@@H]1CC[C@@H]2[C@H](COC[C@H](O)CN2Cc2cc(F)cc(F)c2)O1)Nc1nccs1. The summed E-state index contributed by atoms with van der Waals surface area (Å²) in [6.45, 7) is 1.01. The molecule has 0 spiro atoms. The van der Waals surface area contributed by atoms with Gasteiger partial charge in [0.2, 0.25) is 5.91 Å². The van der Waals surface area contributed by atoms with Crippen LogP contribution in [-0.4, -0.2) is 65.0 Å². The van der Waals surface area contributed by atoms with E-state index in [2.05, 4.69) is 10.3 Å². The minimum absolute atomic E-state index is 0.0976. The topological polar surface area (TPSA) is 83.9 Å². The molecule has 1 amide bonds. The largest absolute Gasteiger partial charge is 0.389 e. The minimum atomic E-state index is -0.707. The van der Waals surface area contributed by atoms with Crippen LogP contribution in [0.4, 0.5) is 13.9 Å². The van der Waals surface area contributed by atoms with E-state index in [4.69, 9.17) is 9.47 Å². The van der Waals surface area contributed by atoms with Crippen molar-refractivity contribution in [2.45, 2.75) is 50.2 Å². The van der Waals surface area contributed by atoms with Crippen LogP contribution < -0.4 is 5.32 Å². The fraction of sp³-hybridized carbons (Fsp3) is 0.524. The number of thiazole rings is 1. The number of carbonyl (C=O) groups excluding carboxylic acids is 1. The van der Waals surface area contributed by atoms with Gasteiger partial charge in [0, 0.05) is 36.8 Å². The van der Waals surface area contributed by atoms with Gasteiger partial charge in [-0.15, -0.1) is 11.3 Å². The predicted molar refractivity (Wildman–Crippen MR) is 111 cm³/mol. The highest BCUT2D eigenvalue weighted by Crippen LogP contribution is 2.29. The second-order valence-electron chi connectivity index (χ2n) is 7.93. The zero-order chi connectivity index (χ0) is 21.8. The predicted octanol–water partition coefficient (Wildman–Crippen LogP) is 2.56. The molecule has 2 saturated heterocycles. The van der Waals surface area contributed by atoms with Gasteiger partial charge in [0.15, 0.2) is 5.13 Å². The molecular weight excluding hydrogens is 428 g/mol. The van der Waals surface area contributed by atoms with Crippen molar-refractivity contribution in [3.05, 3.63) is 47.0 Å². The molecule has 0 aliphatic carbocycles. The average molecular weight is 454 g/mol. The highest BCUT2D eigenvalue weighted by Gasteiger charge is 2.38. The third-order valence-corrected chi connectivity index (χ3v) is 6.18. The Balaban J connectivity index is 1.42. The number of aliphatic hydroxyl groups is 1. The Morgan fingerprint density at radius 3 is 2.81 bits per heavy atom. The summed E-state index contributed by atoms with van der Waals surface area (Å²) in [5.74, 6) is -1.42. The van der Waals surface area contributed by atoms with E-state index in [-0.39, 0.29) is 50.3 Å². The molecule has 10 heteroatoms. The molecule has 4 rings (SSSR count). The number of nitrogens with zero attached hydrogens (tertiary/aromatic N) is 2. The average Bonchev–Trinajstić information content (AvgIpc) is 3.18. The summed E-state index contributed by atoms with van der Waals surface area (Å²) in [6, 6.07) is 3.34. The molecule has 4 atom stereocenters. The summed E-state index contributed by atoms with van der Waals surface area (Å²) in [7, 11) is 0. The molecule has 0 saturated carbocycles. The first-order valence-corrected chi connectivity index (χ1v) is 11.1. The molecule has 2 N–H and O–H groups in total. The molecule has 0 unspecified atom stereocenters. The summed E-state index contributed by atoms with van der Waals surface area (Å²) in [4.78, 5) is 18.4. The number of hydrogen-bond acceptors (Lipinski definition) is 7. The number of benzene rings is 1. The van der Waals surface area contributed by atoms with E-state index in [9.17, 15) is 18.7 Å². The Labute approximate surface area is 183 Å². The molecule has 0 radical (unpaired) electrons. The van der Waals surface area contributed by atoms with Crippen molar-refractivity contribution in [3.63, 3.8) is 0 Å². The van der Waals surface area contributed by atoms with Crippen molar-refractivity contribution in [1.82, 2.24) is 9.88 Å². The maximum atomic E-state index is 13.7. The number of hydrogen-bond donors (Lipinski definition) is 2. The fourth-order valence-electron chi connectivity index (χ4n) is 4.23. The van der Waals surface area contributed by atoms with E-state index in [0.29, 0.717) is 30.1 Å². The van der Waals surface area contributed by atoms with Crippen molar-refractivity contribution >= 4 is 22.4 Å². The van der Waals surface area contributed by atoms with Gasteiger partial charge >= 0.3 is 0 Å². The van der Waals surface area contributed by atoms with Crippen molar-refractivity contribution < 1.29 is 28.2 Å². The summed E-state index contributed by atoms with van der Waals surface area (Å²) >= 11 is 1.35. The highest BCUT2D eigenvalue weighted by atomic mass is 32.1. The van der Waals surface area contributed by atoms with Gasteiger partial charge in [-0.25, -0.2) is 13.8 Å². The van der Waals surface area contributed by atoms with Crippen molar-refractivity contribution in [2.75, 3.05) is 25.1 Å². The van der Waals surface area contributed by atoms with Crippen LogP contribution >= 0.6 is 11.3 Å². The molecule has 31 heavy (non-hydrogen) atoms. The van der Waals surface area contributed by atoms with Gasteiger partial charge in [-0.1, -0.05) is 0 Å². The van der Waals surface area contributed by atoms with Crippen LogP contribution in [0.15, 0.2) is 29.8 Å². The van der Waals surface area contributed by atoms with Gasteiger partial charge < -0.3 is 19.9 Å². The number of halogens is 2. The number of amides is 1.